The zero-order chi connectivity index (χ0) is 55.9. The van der Waals surface area contributed by atoms with Crippen LogP contribution in [0.3, 0.4) is 0 Å². The second kappa shape index (κ2) is 23.4. The van der Waals surface area contributed by atoms with Gasteiger partial charge in [-0.3, -0.25) is 24.0 Å². The van der Waals surface area contributed by atoms with Gasteiger partial charge in [-0.25, -0.2) is 14.4 Å². The number of hydrogen-bond acceptors (Lipinski definition) is 16. The highest BCUT2D eigenvalue weighted by Gasteiger charge is 2.82. The number of amides is 7. The largest absolute Gasteiger partial charge is 0.507 e. The molecule has 2 heterocycles. The molecule has 23 nitrogen and oxygen atoms in total. The molecule has 1 saturated heterocycles. The van der Waals surface area contributed by atoms with Crippen molar-refractivity contribution in [3.63, 3.8) is 0 Å². The molecule has 0 radical (unpaired) electrons. The van der Waals surface area contributed by atoms with Gasteiger partial charge in [0.15, 0.2) is 28.9 Å². The number of nitrogens with zero attached hydrogens (tertiary/aromatic N) is 1. The van der Waals surface area contributed by atoms with Crippen LogP contribution in [0.5, 0.6) is 5.75 Å². The topological polar surface area (TPSA) is 356 Å². The molecule has 3 aromatic carbocycles. The summed E-state index contributed by atoms with van der Waals surface area (Å²) < 4.78 is 16.8. The van der Waals surface area contributed by atoms with E-state index in [0.717, 1.165) is 0 Å². The van der Waals surface area contributed by atoms with Gasteiger partial charge >= 0.3 is 18.2 Å². The van der Waals surface area contributed by atoms with E-state index in [1.165, 1.54) is 79.6 Å². The minimum absolute atomic E-state index is 0.0156. The number of carbonyl (C=O) groups is 8. The summed E-state index contributed by atoms with van der Waals surface area (Å²) in [6.07, 6.45) is 0.199. The van der Waals surface area contributed by atoms with Crippen LogP contribution in [-0.4, -0.2) is 137 Å². The Balaban J connectivity index is 1.08. The first-order valence-corrected chi connectivity index (χ1v) is 24.5. The second-order valence-corrected chi connectivity index (χ2v) is 18.9. The molecule has 2 aliphatic heterocycles. The summed E-state index contributed by atoms with van der Waals surface area (Å²) in [4.78, 5) is 107. The molecule has 0 aromatic heterocycles. The summed E-state index contributed by atoms with van der Waals surface area (Å²) >= 11 is 0. The van der Waals surface area contributed by atoms with Crippen molar-refractivity contribution < 1.29 is 67.9 Å². The van der Waals surface area contributed by atoms with E-state index >= 15 is 0 Å². The number of epoxide rings is 1. The Kier molecular flexibility index (Phi) is 17.0. The van der Waals surface area contributed by atoms with E-state index < -0.39 is 101 Å². The Morgan fingerprint density at radius 2 is 1.64 bits per heavy atom. The first kappa shape index (κ1) is 56.0. The molecule has 7 rings (SSSR count). The highest BCUT2D eigenvalue weighted by atomic mass is 16.7. The monoisotopic (exact) mass is 1060 g/mol. The van der Waals surface area contributed by atoms with Crippen molar-refractivity contribution in [2.75, 3.05) is 43.9 Å². The number of phenolic OH excluding ortho intramolecular Hbond substituents is 1. The molecule has 404 valence electrons. The van der Waals surface area contributed by atoms with Gasteiger partial charge in [0.25, 0.3) is 5.91 Å². The number of aliphatic hydroxyl groups excluding tert-OH is 2. The Morgan fingerprint density at radius 3 is 2.34 bits per heavy atom. The number of fused-ring (bicyclic) bond motifs is 4. The Morgan fingerprint density at radius 1 is 0.922 bits per heavy atom. The number of anilines is 2. The average Bonchev–Trinajstić information content (AvgIpc) is 4.35. The fraction of sp³-hybridized carbons (Fsp3) is 0.370. The predicted octanol–water partition coefficient (Wildman–Crippen LogP) is 1.51. The highest BCUT2D eigenvalue weighted by molar-refractivity contribution is 6.31. The summed E-state index contributed by atoms with van der Waals surface area (Å²) in [5, 5.41) is 50.1. The van der Waals surface area contributed by atoms with Crippen LogP contribution in [0.15, 0.2) is 67.3 Å². The van der Waals surface area contributed by atoms with Gasteiger partial charge in [0, 0.05) is 66.7 Å². The number of primary amides is 1. The number of allylic oxidation sites excluding steroid dienone is 2. The molecule has 23 heteroatoms. The molecule has 13 N–H and O–H groups in total. The van der Waals surface area contributed by atoms with E-state index in [0.29, 0.717) is 5.56 Å². The van der Waals surface area contributed by atoms with Crippen molar-refractivity contribution >= 4 is 58.9 Å². The Hall–Kier alpha value is -8.74. The minimum Gasteiger partial charge on any atom is -0.507 e. The number of phenols is 1. The third-order valence-electron chi connectivity index (χ3n) is 13.4. The number of ketones is 2. The average molecular weight is 1060 g/mol. The van der Waals surface area contributed by atoms with Crippen molar-refractivity contribution in [2.45, 2.75) is 88.3 Å². The van der Waals surface area contributed by atoms with Crippen LogP contribution >= 0.6 is 0 Å². The number of aromatic hydroxyl groups is 1. The molecule has 4 aliphatic rings. The van der Waals surface area contributed by atoms with E-state index in [4.69, 9.17) is 25.7 Å². The number of carbonyl (C=O) groups excluding carboxylic acids is 8. The molecule has 2 aliphatic carbocycles. The number of ether oxygens (including phenoxy) is 3. The van der Waals surface area contributed by atoms with Crippen molar-refractivity contribution in [3.05, 3.63) is 112 Å². The molecule has 0 unspecified atom stereocenters. The number of urea groups is 1. The van der Waals surface area contributed by atoms with Gasteiger partial charge in [0.2, 0.25) is 11.8 Å². The van der Waals surface area contributed by atoms with Crippen LogP contribution < -0.4 is 43.4 Å². The van der Waals surface area contributed by atoms with Gasteiger partial charge in [-0.05, 0) is 73.7 Å². The standard InChI is InChI=1S/C54H59N9O14/c1-6-22-75-51(73)59-21-20-57-47(69)34-24-32(60-48(70)37(12-11-19-58-50(56)72)61-49(71)43(55)28(2)3)17-16-31(34)27-76-52(74)63(5)26-30-15-18-33-35(23-30)46(68)41-38(65)25-36-44(42(41)45(33)67)62-39-13-9-7-8-10-14-40(66)54(36)53(39,77-54)29(4)64/h6-8,15-18,23-25,28-29,37,39-40,43,62,64-66H,1,11-12,19-22,26-27,55H2,2-5H3,(H,57,69)(H,59,73)(H,60,70)(H,61,71)(H3,56,58,72)/b8-7-/t29-,37+,39+,40-,43+,53+,54+/m1/s1. The maximum Gasteiger partial charge on any atom is 0.410 e. The van der Waals surface area contributed by atoms with E-state index in [1.54, 1.807) is 13.8 Å². The maximum absolute atomic E-state index is 14.5. The highest BCUT2D eigenvalue weighted by Crippen LogP contribution is 2.67. The third kappa shape index (κ3) is 11.4. The number of alkyl carbamates (subject to hydrolysis) is 1. The zero-order valence-corrected chi connectivity index (χ0v) is 42.5. The number of benzene rings is 3. The summed E-state index contributed by atoms with van der Waals surface area (Å²) in [6, 6.07) is 5.97. The van der Waals surface area contributed by atoms with Crippen molar-refractivity contribution in [1.29, 1.82) is 0 Å². The minimum atomic E-state index is -1.74. The summed E-state index contributed by atoms with van der Waals surface area (Å²) in [6.45, 7) is 7.78. The van der Waals surface area contributed by atoms with Gasteiger partial charge in [-0.15, -0.1) is 0 Å². The lowest BCUT2D eigenvalue weighted by atomic mass is 9.69. The number of nitrogens with two attached hydrogens (primary N) is 2. The lowest BCUT2D eigenvalue weighted by molar-refractivity contribution is -0.128. The van der Waals surface area contributed by atoms with E-state index in [-0.39, 0.29) is 102 Å². The molecule has 0 saturated carbocycles. The van der Waals surface area contributed by atoms with Crippen molar-refractivity contribution in [3.8, 4) is 29.4 Å². The van der Waals surface area contributed by atoms with E-state index in [1.807, 2.05) is 0 Å². The van der Waals surface area contributed by atoms with Crippen LogP contribution in [0.4, 0.5) is 25.8 Å². The predicted molar refractivity (Wildman–Crippen MR) is 277 cm³/mol. The molecule has 0 spiro atoms. The number of rotatable bonds is 20. The van der Waals surface area contributed by atoms with Crippen LogP contribution in [0.1, 0.15) is 92.5 Å². The molecule has 2 bridgehead atoms. The smallest absolute Gasteiger partial charge is 0.410 e. The van der Waals surface area contributed by atoms with Crippen LogP contribution in [0, 0.1) is 29.6 Å². The van der Waals surface area contributed by atoms with Crippen LogP contribution in [0.25, 0.3) is 0 Å². The number of aliphatic hydroxyl groups is 2. The van der Waals surface area contributed by atoms with E-state index in [9.17, 15) is 53.7 Å². The first-order chi connectivity index (χ1) is 36.7. The summed E-state index contributed by atoms with van der Waals surface area (Å²) in [5.74, 6) is 7.06. The molecule has 7 atom stereocenters. The normalized spacial score (nSPS) is 20.5. The summed E-state index contributed by atoms with van der Waals surface area (Å²) in [5.41, 5.74) is 8.19. The van der Waals surface area contributed by atoms with Crippen molar-refractivity contribution in [1.82, 2.24) is 26.2 Å². The fourth-order valence-corrected chi connectivity index (χ4v) is 9.37. The SMILES string of the molecule is C=CCOC(=O)NCCNC(=O)c1cc(NC(=O)[C@H](CCCNC(N)=O)NC(=O)[C@@H](N)C(C)C)ccc1COC(=O)N(C)Cc1ccc2c(c1)C(=O)c1c(O)cc3c(c1C2=O)N[C@H]1C#C/C=C\C#C[C@@H](O)[C@@]32O[C@@]12[C@@H](C)O. The van der Waals surface area contributed by atoms with E-state index in [2.05, 4.69) is 62.2 Å². The zero-order valence-electron chi connectivity index (χ0n) is 42.5. The quantitative estimate of drug-likeness (QED) is 0.0196. The molecule has 77 heavy (non-hydrogen) atoms. The maximum atomic E-state index is 14.5. The Bertz CT molecular complexity index is 3100. The van der Waals surface area contributed by atoms with Gasteiger partial charge in [-0.1, -0.05) is 62.3 Å². The van der Waals surface area contributed by atoms with Gasteiger partial charge in [-0.2, -0.15) is 0 Å². The number of nitrogens with one attached hydrogen (secondary N) is 6. The van der Waals surface area contributed by atoms with Gasteiger partial charge in [0.1, 0.15) is 31.0 Å². The Labute approximate surface area is 442 Å². The van der Waals surface area contributed by atoms with Gasteiger partial charge in [0.05, 0.1) is 29.0 Å². The molecule has 3 aromatic rings. The van der Waals surface area contributed by atoms with Gasteiger partial charge < -0.3 is 77.8 Å². The van der Waals surface area contributed by atoms with Crippen LogP contribution in [-0.2, 0) is 42.6 Å². The van der Waals surface area contributed by atoms with Crippen molar-refractivity contribution in [2.24, 2.45) is 17.4 Å². The number of hydrogen-bond donors (Lipinski definition) is 11. The van der Waals surface area contributed by atoms with Crippen LogP contribution in [0.2, 0.25) is 0 Å². The molecular weight excluding hydrogens is 999 g/mol. The first-order valence-electron chi connectivity index (χ1n) is 24.5. The molecule has 1 fully saturated rings. The second-order valence-electron chi connectivity index (χ2n) is 18.9. The summed E-state index contributed by atoms with van der Waals surface area (Å²) in [7, 11) is 1.41. The lowest BCUT2D eigenvalue weighted by Gasteiger charge is -2.37. The molecule has 7 amide bonds. The fourth-order valence-electron chi connectivity index (χ4n) is 9.37. The third-order valence-corrected chi connectivity index (χ3v) is 13.4. The lowest BCUT2D eigenvalue weighted by Crippen LogP contribution is -2.54. The molecular formula is C54H59N9O14.